The zero-order valence-electron chi connectivity index (χ0n) is 19.5. The van der Waals surface area contributed by atoms with Gasteiger partial charge in [-0.15, -0.1) is 0 Å². The lowest BCUT2D eigenvalue weighted by Crippen LogP contribution is -2.16. The van der Waals surface area contributed by atoms with Crippen molar-refractivity contribution in [2.45, 2.75) is 26.4 Å². The van der Waals surface area contributed by atoms with E-state index in [4.69, 9.17) is 42.0 Å². The van der Waals surface area contributed by atoms with E-state index in [1.165, 1.54) is 30.3 Å². The molecule has 0 heterocycles. The summed E-state index contributed by atoms with van der Waals surface area (Å²) in [5, 5.41) is 4.28. The highest BCUT2D eigenvalue weighted by atomic mass is 35.5. The highest BCUT2D eigenvalue weighted by molar-refractivity contribution is 7.72. The van der Waals surface area contributed by atoms with Crippen molar-refractivity contribution in [2.75, 3.05) is 6.61 Å². The van der Waals surface area contributed by atoms with Gasteiger partial charge < -0.3 is 23.7 Å². The van der Waals surface area contributed by atoms with E-state index in [1.807, 2.05) is 18.2 Å². The highest BCUT2D eigenvalue weighted by Gasteiger charge is 2.33. The average molecular weight is 552 g/mol. The van der Waals surface area contributed by atoms with E-state index in [-0.39, 0.29) is 16.3 Å². The molecule has 0 aliphatic carbocycles. The monoisotopic (exact) mass is 551 g/mol. The molecule has 1 N–H and O–H groups in total. The van der Waals surface area contributed by atoms with Gasteiger partial charge in [0, 0.05) is 11.6 Å². The number of halogens is 2. The molecular formula is C25H24Cl2NO7P. The van der Waals surface area contributed by atoms with E-state index in [2.05, 4.69) is 5.16 Å². The molecule has 0 saturated heterocycles. The van der Waals surface area contributed by atoms with Crippen molar-refractivity contribution < 1.29 is 33.1 Å². The number of carbonyl (C=O) groups is 1. The third-order valence-corrected chi connectivity index (χ3v) is 6.98. The number of ether oxygens (including phenoxy) is 2. The molecule has 8 nitrogen and oxygen atoms in total. The first kappa shape index (κ1) is 27.7. The van der Waals surface area contributed by atoms with E-state index in [1.54, 1.807) is 38.1 Å². The van der Waals surface area contributed by atoms with Gasteiger partial charge in [-0.25, -0.2) is 4.79 Å². The van der Waals surface area contributed by atoms with Crippen LogP contribution in [0.5, 0.6) is 17.2 Å². The average Bonchev–Trinajstić information content (AvgIpc) is 2.85. The first-order chi connectivity index (χ1) is 17.2. The minimum absolute atomic E-state index is 0.177. The third kappa shape index (κ3) is 8.08. The summed E-state index contributed by atoms with van der Waals surface area (Å²) in [7, 11) is -4.50. The molecule has 3 rings (SSSR count). The molecule has 36 heavy (non-hydrogen) atoms. The molecule has 0 spiro atoms. The van der Waals surface area contributed by atoms with Crippen LogP contribution < -0.4 is 9.47 Å². The molecule has 11 heteroatoms. The predicted molar refractivity (Wildman–Crippen MR) is 138 cm³/mol. The topological polar surface area (TPSA) is 104 Å². The van der Waals surface area contributed by atoms with Gasteiger partial charge in [0.1, 0.15) is 17.2 Å². The molecule has 0 aliphatic heterocycles. The van der Waals surface area contributed by atoms with Gasteiger partial charge in [0.15, 0.2) is 12.1 Å². The molecule has 0 amide bonds. The number of oxime groups is 1. The van der Waals surface area contributed by atoms with Crippen LogP contribution in [0.2, 0.25) is 10.0 Å². The molecule has 0 saturated carbocycles. The quantitative estimate of drug-likeness (QED) is 0.117. The largest absolute Gasteiger partial charge is 0.482 e. The lowest BCUT2D eigenvalue weighted by atomic mass is 10.2. The first-order valence-electron chi connectivity index (χ1n) is 10.9. The van der Waals surface area contributed by atoms with E-state index >= 15 is 0 Å². The zero-order chi connectivity index (χ0) is 26.1. The van der Waals surface area contributed by atoms with Crippen LogP contribution in [-0.4, -0.2) is 29.0 Å². The number of hydrogen-bond donors (Lipinski definition) is 1. The van der Waals surface area contributed by atoms with Crippen LogP contribution in [0.4, 0.5) is 0 Å². The number of rotatable bonds is 11. The van der Waals surface area contributed by atoms with Crippen molar-refractivity contribution >= 4 is 42.2 Å². The molecule has 3 aromatic rings. The van der Waals surface area contributed by atoms with Crippen molar-refractivity contribution in [1.29, 1.82) is 0 Å². The van der Waals surface area contributed by atoms with Crippen LogP contribution in [0.1, 0.15) is 25.8 Å². The van der Waals surface area contributed by atoms with Crippen LogP contribution in [0.3, 0.4) is 0 Å². The van der Waals surface area contributed by atoms with E-state index in [9.17, 15) is 14.3 Å². The summed E-state index contributed by atoms with van der Waals surface area (Å²) < 4.78 is 29.6. The van der Waals surface area contributed by atoms with Crippen LogP contribution >= 0.6 is 30.8 Å². The number of nitrogens with zero attached hydrogens (tertiary/aromatic N) is 1. The maximum atomic E-state index is 13.1. The normalized spacial score (nSPS) is 14.0. The summed E-state index contributed by atoms with van der Waals surface area (Å²) in [6, 6.07) is 19.8. The SMILES string of the molecule is CCC(C)OP(=O)(O)C(=NOC(=O)COc1ccc(Cl)c(Cl)c1)c1cccc(Oc2ccccc2)c1. The molecule has 0 radical (unpaired) electrons. The Bertz CT molecular complexity index is 1270. The second kappa shape index (κ2) is 12.9. The fourth-order valence-electron chi connectivity index (χ4n) is 2.79. The number of carbonyl (C=O) groups excluding carboxylic acids is 1. The molecule has 0 fully saturated rings. The molecular weight excluding hydrogens is 528 g/mol. The lowest BCUT2D eigenvalue weighted by molar-refractivity contribution is -0.145. The lowest BCUT2D eigenvalue weighted by Gasteiger charge is -2.18. The Morgan fingerprint density at radius 2 is 1.69 bits per heavy atom. The van der Waals surface area contributed by atoms with Crippen molar-refractivity contribution in [3.63, 3.8) is 0 Å². The van der Waals surface area contributed by atoms with Crippen LogP contribution in [0.15, 0.2) is 78.0 Å². The van der Waals surface area contributed by atoms with Gasteiger partial charge >= 0.3 is 13.6 Å². The Morgan fingerprint density at radius 3 is 2.39 bits per heavy atom. The summed E-state index contributed by atoms with van der Waals surface area (Å²) in [6.07, 6.45) is -0.0739. The van der Waals surface area contributed by atoms with Crippen molar-refractivity contribution in [2.24, 2.45) is 5.16 Å². The molecule has 2 unspecified atom stereocenters. The summed E-state index contributed by atoms with van der Waals surface area (Å²) in [4.78, 5) is 27.9. The zero-order valence-corrected chi connectivity index (χ0v) is 21.9. The van der Waals surface area contributed by atoms with Gasteiger partial charge in [0.25, 0.3) is 0 Å². The van der Waals surface area contributed by atoms with Crippen LogP contribution in [-0.2, 0) is 18.7 Å². The molecule has 3 aromatic carbocycles. The van der Waals surface area contributed by atoms with Crippen LogP contribution in [0.25, 0.3) is 0 Å². The van der Waals surface area contributed by atoms with Gasteiger partial charge in [-0.2, -0.15) is 0 Å². The fraction of sp³-hybridized carbons (Fsp3) is 0.200. The Morgan fingerprint density at radius 1 is 0.972 bits per heavy atom. The molecule has 2 atom stereocenters. The molecule has 190 valence electrons. The molecule has 0 aromatic heterocycles. The predicted octanol–water partition coefficient (Wildman–Crippen LogP) is 7.07. The summed E-state index contributed by atoms with van der Waals surface area (Å²) in [5.41, 5.74) is -0.278. The van der Waals surface area contributed by atoms with Gasteiger partial charge in [-0.05, 0) is 49.7 Å². The van der Waals surface area contributed by atoms with Gasteiger partial charge in [-0.1, -0.05) is 65.6 Å². The van der Waals surface area contributed by atoms with Crippen molar-refractivity contribution in [3.05, 3.63) is 88.4 Å². The van der Waals surface area contributed by atoms with Gasteiger partial charge in [-0.3, -0.25) is 4.57 Å². The number of para-hydroxylation sites is 1. The minimum atomic E-state index is -4.50. The van der Waals surface area contributed by atoms with E-state index in [0.29, 0.717) is 22.9 Å². The Hall–Kier alpha value is -2.87. The summed E-state index contributed by atoms with van der Waals surface area (Å²) in [6.45, 7) is 2.91. The van der Waals surface area contributed by atoms with Crippen molar-refractivity contribution in [1.82, 2.24) is 0 Å². The van der Waals surface area contributed by atoms with E-state index < -0.39 is 31.7 Å². The van der Waals surface area contributed by atoms with Gasteiger partial charge in [0.2, 0.25) is 0 Å². The minimum Gasteiger partial charge on any atom is -0.482 e. The molecule has 0 bridgehead atoms. The number of benzene rings is 3. The summed E-state index contributed by atoms with van der Waals surface area (Å²) >= 11 is 11.8. The Balaban J connectivity index is 1.81. The maximum Gasteiger partial charge on any atom is 0.381 e. The smallest absolute Gasteiger partial charge is 0.381 e. The first-order valence-corrected chi connectivity index (χ1v) is 13.2. The fourth-order valence-corrected chi connectivity index (χ4v) is 4.42. The second-order valence-corrected chi connectivity index (χ2v) is 10.0. The maximum absolute atomic E-state index is 13.1. The van der Waals surface area contributed by atoms with Crippen molar-refractivity contribution in [3.8, 4) is 17.2 Å². The highest BCUT2D eigenvalue weighted by Crippen LogP contribution is 2.48. The standard InChI is InChI=1S/C25H24Cl2NO7P/c1-3-17(2)35-36(30,31)25(18-8-7-11-21(14-18)33-19-9-5-4-6-10-19)28-34-24(29)16-32-20-12-13-22(26)23(27)15-20/h4-15,17H,3,16H2,1-2H3,(H,30,31). The Kier molecular flexibility index (Phi) is 9.93. The van der Waals surface area contributed by atoms with E-state index in [0.717, 1.165) is 0 Å². The number of hydrogen-bond acceptors (Lipinski definition) is 7. The molecule has 0 aliphatic rings. The second-order valence-electron chi connectivity index (χ2n) is 7.53. The van der Waals surface area contributed by atoms with Crippen LogP contribution in [0, 0.1) is 0 Å². The Labute approximate surface area is 218 Å². The third-order valence-electron chi connectivity index (χ3n) is 4.72. The van der Waals surface area contributed by atoms with Gasteiger partial charge in [0.05, 0.1) is 16.1 Å². The summed E-state index contributed by atoms with van der Waals surface area (Å²) in [5.74, 6) is 0.314.